The van der Waals surface area contributed by atoms with Gasteiger partial charge in [0.15, 0.2) is 0 Å². The molecular weight excluding hydrogens is 334 g/mol. The molecule has 1 aromatic heterocycles. The van der Waals surface area contributed by atoms with E-state index < -0.39 is 10.0 Å². The minimum Gasteiger partial charge on any atom is -0.206 e. The van der Waals surface area contributed by atoms with Crippen molar-refractivity contribution >= 4 is 48.9 Å². The van der Waals surface area contributed by atoms with Gasteiger partial charge < -0.3 is 0 Å². The van der Waals surface area contributed by atoms with E-state index in [0.717, 1.165) is 9.35 Å². The Hall–Kier alpha value is 0.380. The van der Waals surface area contributed by atoms with Crippen LogP contribution in [-0.2, 0) is 10.0 Å². The topological polar surface area (TPSA) is 37.4 Å². The molecule has 1 rings (SSSR count). The summed E-state index contributed by atoms with van der Waals surface area (Å²) in [6, 6.07) is 1.67. The number of thiophene rings is 1. The van der Waals surface area contributed by atoms with Crippen molar-refractivity contribution in [3.05, 3.63) is 15.4 Å². The standard InChI is InChI=1S/C9H13BrClNO2S2/c1-6-4-8(15-9(6)10)16(13,14)12(3)5-7(2)11/h4,7H,5H2,1-3H3. The molecule has 0 fully saturated rings. The quantitative estimate of drug-likeness (QED) is 0.786. The first-order chi connectivity index (χ1) is 7.25. The third-order valence-corrected chi connectivity index (χ3v) is 6.55. The molecular formula is C9H13BrClNO2S2. The van der Waals surface area contributed by atoms with Crippen LogP contribution < -0.4 is 0 Å². The number of alkyl halides is 1. The van der Waals surface area contributed by atoms with Gasteiger partial charge in [-0.15, -0.1) is 22.9 Å². The van der Waals surface area contributed by atoms with Crippen LogP contribution in [0, 0.1) is 6.92 Å². The maximum absolute atomic E-state index is 12.1. The van der Waals surface area contributed by atoms with Gasteiger partial charge in [-0.25, -0.2) is 8.42 Å². The number of hydrogen-bond donors (Lipinski definition) is 0. The van der Waals surface area contributed by atoms with Gasteiger partial charge in [0.2, 0.25) is 0 Å². The van der Waals surface area contributed by atoms with Crippen molar-refractivity contribution < 1.29 is 8.42 Å². The van der Waals surface area contributed by atoms with Crippen LogP contribution in [0.25, 0.3) is 0 Å². The summed E-state index contributed by atoms with van der Waals surface area (Å²) in [5.41, 5.74) is 0.927. The molecule has 0 aromatic carbocycles. The summed E-state index contributed by atoms with van der Waals surface area (Å²) in [6.45, 7) is 3.94. The highest BCUT2D eigenvalue weighted by Crippen LogP contribution is 2.32. The summed E-state index contributed by atoms with van der Waals surface area (Å²) in [5, 5.41) is -0.204. The highest BCUT2D eigenvalue weighted by molar-refractivity contribution is 9.11. The van der Waals surface area contributed by atoms with Crippen molar-refractivity contribution in [1.29, 1.82) is 0 Å². The molecule has 0 saturated heterocycles. The first-order valence-corrected chi connectivity index (χ1v) is 8.10. The molecule has 1 atom stereocenters. The second-order valence-electron chi connectivity index (χ2n) is 3.59. The van der Waals surface area contributed by atoms with Crippen molar-refractivity contribution in [1.82, 2.24) is 4.31 Å². The molecule has 0 amide bonds. The average Bonchev–Trinajstić information content (AvgIpc) is 2.46. The largest absolute Gasteiger partial charge is 0.252 e. The number of sulfonamides is 1. The van der Waals surface area contributed by atoms with E-state index in [9.17, 15) is 8.42 Å². The van der Waals surface area contributed by atoms with E-state index in [4.69, 9.17) is 11.6 Å². The Kier molecular flexibility index (Phi) is 4.83. The highest BCUT2D eigenvalue weighted by Gasteiger charge is 2.24. The fourth-order valence-corrected chi connectivity index (χ4v) is 5.15. The zero-order valence-corrected chi connectivity index (χ0v) is 13.2. The van der Waals surface area contributed by atoms with Crippen molar-refractivity contribution in [3.8, 4) is 0 Å². The minimum atomic E-state index is -3.40. The Morgan fingerprint density at radius 1 is 1.62 bits per heavy atom. The van der Waals surface area contributed by atoms with Crippen molar-refractivity contribution in [3.63, 3.8) is 0 Å². The predicted octanol–water partition coefficient (Wildman–Crippen LogP) is 3.07. The maximum Gasteiger partial charge on any atom is 0.252 e. The summed E-state index contributed by atoms with van der Waals surface area (Å²) in [7, 11) is -1.86. The summed E-state index contributed by atoms with van der Waals surface area (Å²) >= 11 is 10.3. The second-order valence-corrected chi connectivity index (χ2v) is 8.98. The van der Waals surface area contributed by atoms with Crippen LogP contribution in [0.3, 0.4) is 0 Å². The number of nitrogens with zero attached hydrogens (tertiary/aromatic N) is 1. The van der Waals surface area contributed by atoms with Gasteiger partial charge in [-0.2, -0.15) is 4.31 Å². The minimum absolute atomic E-state index is 0.204. The monoisotopic (exact) mass is 345 g/mol. The molecule has 1 unspecified atom stereocenters. The molecule has 16 heavy (non-hydrogen) atoms. The number of aryl methyl sites for hydroxylation is 1. The molecule has 0 saturated carbocycles. The molecule has 0 N–H and O–H groups in total. The van der Waals surface area contributed by atoms with Crippen LogP contribution in [0.15, 0.2) is 14.1 Å². The van der Waals surface area contributed by atoms with Crippen LogP contribution >= 0.6 is 38.9 Å². The Labute approximate surface area is 114 Å². The molecule has 92 valence electrons. The normalized spacial score (nSPS) is 14.4. The van der Waals surface area contributed by atoms with Gasteiger partial charge in [-0.1, -0.05) is 0 Å². The maximum atomic E-state index is 12.1. The lowest BCUT2D eigenvalue weighted by atomic mass is 10.4. The number of halogens is 2. The number of rotatable bonds is 4. The van der Waals surface area contributed by atoms with Crippen LogP contribution in [0.1, 0.15) is 12.5 Å². The van der Waals surface area contributed by atoms with Gasteiger partial charge in [0.1, 0.15) is 4.21 Å². The Balaban J connectivity index is 3.02. The third-order valence-electron chi connectivity index (χ3n) is 2.01. The predicted molar refractivity (Wildman–Crippen MR) is 71.9 cm³/mol. The van der Waals surface area contributed by atoms with Crippen LogP contribution in [0.4, 0.5) is 0 Å². The molecule has 0 aliphatic rings. The molecule has 0 aliphatic carbocycles. The molecule has 0 radical (unpaired) electrons. The summed E-state index contributed by atoms with van der Waals surface area (Å²) in [4.78, 5) is 0. The highest BCUT2D eigenvalue weighted by atomic mass is 79.9. The molecule has 0 aliphatic heterocycles. The Bertz CT molecular complexity index is 450. The van der Waals surface area contributed by atoms with E-state index >= 15 is 0 Å². The van der Waals surface area contributed by atoms with Gasteiger partial charge >= 0.3 is 0 Å². The van der Waals surface area contributed by atoms with Crippen molar-refractivity contribution in [2.75, 3.05) is 13.6 Å². The lowest BCUT2D eigenvalue weighted by molar-refractivity contribution is 0.472. The van der Waals surface area contributed by atoms with Gasteiger partial charge in [0.25, 0.3) is 10.0 Å². The zero-order chi connectivity index (χ0) is 12.5. The summed E-state index contributed by atoms with van der Waals surface area (Å²) in [5.74, 6) is 0. The SMILES string of the molecule is Cc1cc(S(=O)(=O)N(C)CC(C)Cl)sc1Br. The van der Waals surface area contributed by atoms with Gasteiger partial charge in [0.05, 0.1) is 3.79 Å². The molecule has 3 nitrogen and oxygen atoms in total. The van der Waals surface area contributed by atoms with Crippen LogP contribution in [-0.4, -0.2) is 31.7 Å². The first-order valence-electron chi connectivity index (χ1n) is 4.61. The van der Waals surface area contributed by atoms with E-state index in [0.29, 0.717) is 10.8 Å². The molecule has 1 aromatic rings. The molecule has 0 bridgehead atoms. The smallest absolute Gasteiger partial charge is 0.206 e. The second kappa shape index (κ2) is 5.35. The van der Waals surface area contributed by atoms with Crippen molar-refractivity contribution in [2.45, 2.75) is 23.4 Å². The third kappa shape index (κ3) is 3.20. The average molecular weight is 347 g/mol. The van der Waals surface area contributed by atoms with Crippen molar-refractivity contribution in [2.24, 2.45) is 0 Å². The van der Waals surface area contributed by atoms with E-state index in [1.54, 1.807) is 13.0 Å². The zero-order valence-electron chi connectivity index (χ0n) is 9.20. The summed E-state index contributed by atoms with van der Waals surface area (Å²) < 4.78 is 26.7. The van der Waals surface area contributed by atoms with Gasteiger partial charge in [0, 0.05) is 19.0 Å². The molecule has 7 heteroatoms. The van der Waals surface area contributed by atoms with E-state index in [1.807, 2.05) is 6.92 Å². The van der Waals surface area contributed by atoms with Gasteiger partial charge in [-0.3, -0.25) is 0 Å². The lowest BCUT2D eigenvalue weighted by Gasteiger charge is -2.16. The fourth-order valence-electron chi connectivity index (χ4n) is 1.16. The lowest BCUT2D eigenvalue weighted by Crippen LogP contribution is -2.30. The van der Waals surface area contributed by atoms with E-state index in [1.165, 1.54) is 22.7 Å². The van der Waals surface area contributed by atoms with Crippen LogP contribution in [0.5, 0.6) is 0 Å². The van der Waals surface area contributed by atoms with E-state index in [2.05, 4.69) is 15.9 Å². The van der Waals surface area contributed by atoms with Gasteiger partial charge in [-0.05, 0) is 41.4 Å². The molecule has 0 spiro atoms. The van der Waals surface area contributed by atoms with Crippen LogP contribution in [0.2, 0.25) is 0 Å². The van der Waals surface area contributed by atoms with E-state index in [-0.39, 0.29) is 5.38 Å². The molecule has 1 heterocycles. The number of hydrogen-bond acceptors (Lipinski definition) is 3. The summed E-state index contributed by atoms with van der Waals surface area (Å²) in [6.07, 6.45) is 0. The fraction of sp³-hybridized carbons (Fsp3) is 0.556. The Morgan fingerprint density at radius 2 is 2.19 bits per heavy atom. The first kappa shape index (κ1) is 14.4. The Morgan fingerprint density at radius 3 is 2.56 bits per heavy atom.